The summed E-state index contributed by atoms with van der Waals surface area (Å²) in [6.45, 7) is 1.83. The van der Waals surface area contributed by atoms with Gasteiger partial charge in [0.1, 0.15) is 11.8 Å². The van der Waals surface area contributed by atoms with Crippen molar-refractivity contribution in [2.75, 3.05) is 11.9 Å². The van der Waals surface area contributed by atoms with Crippen LogP contribution < -0.4 is 15.4 Å². The highest BCUT2D eigenvalue weighted by atomic mass is 79.9. The van der Waals surface area contributed by atoms with E-state index < -0.39 is 17.9 Å². The molecule has 2 rings (SSSR count). The van der Waals surface area contributed by atoms with Crippen molar-refractivity contribution in [1.29, 1.82) is 0 Å². The van der Waals surface area contributed by atoms with Crippen LogP contribution in [0.3, 0.4) is 0 Å². The third kappa shape index (κ3) is 4.22. The molecule has 1 heterocycles. The number of carboxylic acid groups (broad SMARTS) is 1. The molecule has 1 aliphatic heterocycles. The molecule has 0 fully saturated rings. The molecule has 0 saturated carbocycles. The van der Waals surface area contributed by atoms with Gasteiger partial charge in [0.2, 0.25) is 0 Å². The van der Waals surface area contributed by atoms with Gasteiger partial charge in [0.05, 0.1) is 11.3 Å². The van der Waals surface area contributed by atoms with E-state index in [-0.39, 0.29) is 18.1 Å². The van der Waals surface area contributed by atoms with Gasteiger partial charge >= 0.3 is 5.97 Å². The van der Waals surface area contributed by atoms with Crippen LogP contribution in [-0.2, 0) is 9.59 Å². The molecule has 0 spiro atoms. The number of rotatable bonds is 6. The average Bonchev–Trinajstić information content (AvgIpc) is 2.50. The highest BCUT2D eigenvalue weighted by Crippen LogP contribution is 2.33. The number of carbonyl (C=O) groups is 3. The van der Waals surface area contributed by atoms with Gasteiger partial charge in [-0.25, -0.2) is 4.79 Å². The number of hydrogen-bond donors (Lipinski definition) is 3. The number of benzene rings is 1. The first-order valence-corrected chi connectivity index (χ1v) is 8.01. The number of carbonyl (C=O) groups excluding carboxylic acids is 2. The topological polar surface area (TPSA) is 105 Å². The Morgan fingerprint density at radius 3 is 2.87 bits per heavy atom. The SMILES string of the molecule is CCCC[C@H](NC(=O)c1cc2c(cc1Br)NC(=O)CO2)C(=O)O. The fourth-order valence-corrected chi connectivity index (χ4v) is 2.70. The number of fused-ring (bicyclic) bond motifs is 1. The van der Waals surface area contributed by atoms with Gasteiger partial charge in [-0.2, -0.15) is 0 Å². The molecule has 2 amide bonds. The van der Waals surface area contributed by atoms with Crippen LogP contribution in [-0.4, -0.2) is 35.5 Å². The Morgan fingerprint density at radius 1 is 1.48 bits per heavy atom. The Morgan fingerprint density at radius 2 is 2.22 bits per heavy atom. The highest BCUT2D eigenvalue weighted by Gasteiger charge is 2.24. The quantitative estimate of drug-likeness (QED) is 0.696. The predicted molar refractivity (Wildman–Crippen MR) is 86.7 cm³/mol. The van der Waals surface area contributed by atoms with Gasteiger partial charge in [-0.1, -0.05) is 19.8 Å². The first-order valence-electron chi connectivity index (χ1n) is 7.22. The standard InChI is InChI=1S/C15H17BrN2O5/c1-2-3-4-10(15(21)22)18-14(20)8-5-12-11(6-9(8)16)17-13(19)7-23-12/h5-6,10H,2-4,7H2,1H3,(H,17,19)(H,18,20)(H,21,22)/t10-/m0/s1. The summed E-state index contributed by atoms with van der Waals surface area (Å²) >= 11 is 3.26. The van der Waals surface area contributed by atoms with E-state index in [0.29, 0.717) is 28.8 Å². The van der Waals surface area contributed by atoms with Crippen LogP contribution in [0.5, 0.6) is 5.75 Å². The number of hydrogen-bond acceptors (Lipinski definition) is 4. The Labute approximate surface area is 141 Å². The van der Waals surface area contributed by atoms with E-state index in [1.54, 1.807) is 6.07 Å². The molecule has 1 aromatic carbocycles. The van der Waals surface area contributed by atoms with E-state index in [1.807, 2.05) is 6.92 Å². The third-order valence-electron chi connectivity index (χ3n) is 3.40. The molecule has 0 saturated heterocycles. The Hall–Kier alpha value is -2.09. The molecule has 8 heteroatoms. The minimum Gasteiger partial charge on any atom is -0.482 e. The van der Waals surface area contributed by atoms with Crippen LogP contribution in [0.1, 0.15) is 36.5 Å². The van der Waals surface area contributed by atoms with Crippen molar-refractivity contribution >= 4 is 39.4 Å². The molecule has 1 aromatic rings. The van der Waals surface area contributed by atoms with E-state index in [2.05, 4.69) is 26.6 Å². The summed E-state index contributed by atoms with van der Waals surface area (Å²) in [5.74, 6) is -1.47. The lowest BCUT2D eigenvalue weighted by Gasteiger charge is -2.20. The van der Waals surface area contributed by atoms with E-state index in [0.717, 1.165) is 6.42 Å². The van der Waals surface area contributed by atoms with Gasteiger partial charge in [-0.3, -0.25) is 9.59 Å². The molecule has 1 aliphatic rings. The number of amides is 2. The summed E-state index contributed by atoms with van der Waals surface area (Å²) in [5, 5.41) is 14.3. The van der Waals surface area contributed by atoms with Gasteiger partial charge in [-0.05, 0) is 34.5 Å². The summed E-state index contributed by atoms with van der Waals surface area (Å²) in [5.41, 5.74) is 0.716. The number of aliphatic carboxylic acids is 1. The summed E-state index contributed by atoms with van der Waals surface area (Å²) in [4.78, 5) is 34.9. The van der Waals surface area contributed by atoms with Crippen molar-refractivity contribution in [3.63, 3.8) is 0 Å². The summed E-state index contributed by atoms with van der Waals surface area (Å²) in [6.07, 6.45) is 1.92. The maximum absolute atomic E-state index is 12.3. The zero-order chi connectivity index (χ0) is 17.0. The molecule has 124 valence electrons. The van der Waals surface area contributed by atoms with Crippen molar-refractivity contribution < 1.29 is 24.2 Å². The normalized spacial score (nSPS) is 14.3. The molecular weight excluding hydrogens is 368 g/mol. The Kier molecular flexibility index (Phi) is 5.59. The summed E-state index contributed by atoms with van der Waals surface area (Å²) in [6, 6.07) is 2.10. The predicted octanol–water partition coefficient (Wildman–Crippen LogP) is 2.15. The largest absolute Gasteiger partial charge is 0.482 e. The molecule has 0 bridgehead atoms. The van der Waals surface area contributed by atoms with Crippen molar-refractivity contribution in [2.45, 2.75) is 32.2 Å². The first-order chi connectivity index (χ1) is 10.9. The Bertz CT molecular complexity index is 647. The van der Waals surface area contributed by atoms with Crippen molar-refractivity contribution in [1.82, 2.24) is 5.32 Å². The molecule has 0 aromatic heterocycles. The minimum atomic E-state index is -1.07. The summed E-state index contributed by atoms with van der Waals surface area (Å²) in [7, 11) is 0. The maximum Gasteiger partial charge on any atom is 0.326 e. The van der Waals surface area contributed by atoms with E-state index in [4.69, 9.17) is 4.74 Å². The van der Waals surface area contributed by atoms with Crippen LogP contribution in [0.15, 0.2) is 16.6 Å². The molecule has 3 N–H and O–H groups in total. The lowest BCUT2D eigenvalue weighted by Crippen LogP contribution is -2.41. The molecular formula is C15H17BrN2O5. The van der Waals surface area contributed by atoms with Crippen molar-refractivity contribution in [2.24, 2.45) is 0 Å². The molecule has 0 radical (unpaired) electrons. The third-order valence-corrected chi connectivity index (χ3v) is 4.05. The lowest BCUT2D eigenvalue weighted by atomic mass is 10.1. The maximum atomic E-state index is 12.3. The van der Waals surface area contributed by atoms with Crippen LogP contribution in [0.2, 0.25) is 0 Å². The lowest BCUT2D eigenvalue weighted by molar-refractivity contribution is -0.139. The molecule has 23 heavy (non-hydrogen) atoms. The fourth-order valence-electron chi connectivity index (χ4n) is 2.18. The minimum absolute atomic E-state index is 0.121. The van der Waals surface area contributed by atoms with Crippen LogP contribution in [0.4, 0.5) is 5.69 Å². The van der Waals surface area contributed by atoms with Gasteiger partial charge in [0.25, 0.3) is 11.8 Å². The second-order valence-corrected chi connectivity index (χ2v) is 6.03. The number of ether oxygens (including phenoxy) is 1. The zero-order valence-corrected chi connectivity index (χ0v) is 14.1. The van der Waals surface area contributed by atoms with Crippen molar-refractivity contribution in [3.05, 3.63) is 22.2 Å². The number of halogens is 1. The van der Waals surface area contributed by atoms with Crippen LogP contribution in [0.25, 0.3) is 0 Å². The van der Waals surface area contributed by atoms with Gasteiger partial charge in [0.15, 0.2) is 6.61 Å². The number of nitrogens with one attached hydrogen (secondary N) is 2. The van der Waals surface area contributed by atoms with Gasteiger partial charge < -0.3 is 20.5 Å². The van der Waals surface area contributed by atoms with Gasteiger partial charge in [0, 0.05) is 4.47 Å². The smallest absolute Gasteiger partial charge is 0.326 e. The monoisotopic (exact) mass is 384 g/mol. The van der Waals surface area contributed by atoms with Gasteiger partial charge in [-0.15, -0.1) is 0 Å². The zero-order valence-electron chi connectivity index (χ0n) is 12.5. The molecule has 1 atom stereocenters. The highest BCUT2D eigenvalue weighted by molar-refractivity contribution is 9.10. The second kappa shape index (κ2) is 7.45. The van der Waals surface area contributed by atoms with E-state index in [1.165, 1.54) is 6.07 Å². The van der Waals surface area contributed by atoms with Crippen molar-refractivity contribution in [3.8, 4) is 5.75 Å². The molecule has 0 unspecified atom stereocenters. The first kappa shape index (κ1) is 17.3. The number of unbranched alkanes of at least 4 members (excludes halogenated alkanes) is 1. The van der Waals surface area contributed by atoms with Crippen LogP contribution >= 0.6 is 15.9 Å². The van der Waals surface area contributed by atoms with E-state index in [9.17, 15) is 19.5 Å². The number of carboxylic acids is 1. The summed E-state index contributed by atoms with van der Waals surface area (Å²) < 4.78 is 5.71. The van der Waals surface area contributed by atoms with E-state index >= 15 is 0 Å². The second-order valence-electron chi connectivity index (χ2n) is 5.17. The Balaban J connectivity index is 2.18. The number of anilines is 1. The molecule has 7 nitrogen and oxygen atoms in total. The van der Waals surface area contributed by atoms with Crippen LogP contribution in [0, 0.1) is 0 Å². The average molecular weight is 385 g/mol. The fraction of sp³-hybridized carbons (Fsp3) is 0.400. The molecule has 0 aliphatic carbocycles.